The van der Waals surface area contributed by atoms with E-state index >= 15 is 0 Å². The Morgan fingerprint density at radius 3 is 1.52 bits per heavy atom. The number of nitrogens with zero attached hydrogens (tertiary/aromatic N) is 2. The van der Waals surface area contributed by atoms with E-state index in [0.717, 1.165) is 42.9 Å². The van der Waals surface area contributed by atoms with Crippen LogP contribution in [0.25, 0.3) is 42.4 Å². The van der Waals surface area contributed by atoms with Gasteiger partial charge in [0.1, 0.15) is 15.4 Å². The molecule has 8 nitrogen and oxygen atoms in total. The summed E-state index contributed by atoms with van der Waals surface area (Å²) in [4.78, 5) is 33.0. The molecule has 0 aliphatic rings. The molecular formula is C40H32N4O4S4. The average molecular weight is 761 g/mol. The van der Waals surface area contributed by atoms with Gasteiger partial charge in [0, 0.05) is 34.5 Å². The first-order chi connectivity index (χ1) is 25.1. The zero-order valence-electron chi connectivity index (χ0n) is 28.2. The van der Waals surface area contributed by atoms with E-state index in [9.17, 15) is 9.59 Å². The summed E-state index contributed by atoms with van der Waals surface area (Å²) in [6.45, 7) is 5.60. The van der Waals surface area contributed by atoms with Crippen molar-refractivity contribution in [2.75, 3.05) is 10.6 Å². The number of carboxylic acid groups (broad SMARTS) is 1. The number of carbonyl (C=O) groups excluding carboxylic acids is 1. The van der Waals surface area contributed by atoms with Gasteiger partial charge in [0.05, 0.1) is 33.2 Å². The molecule has 2 aromatic carbocycles. The Bertz CT molecular complexity index is 2460. The van der Waals surface area contributed by atoms with Crippen molar-refractivity contribution in [3.63, 3.8) is 0 Å². The summed E-state index contributed by atoms with van der Waals surface area (Å²) < 4.78 is 7.29. The van der Waals surface area contributed by atoms with Crippen LogP contribution in [0.4, 0.5) is 22.7 Å². The molecule has 0 saturated heterocycles. The number of anilines is 4. The zero-order valence-corrected chi connectivity index (χ0v) is 31.5. The standard InChI is InChI=1S/C22H20N2O2S2.C18H12N2O2S2/c1-22(2,3)26-21(25)19-10-17-18(11-23-12-20(17)28-19)24-16-6-4-14(5-7-16)15-8-9-27-13-15;21-18(22)16-7-14-15(8-19-9-17(14)24-16)20-13-3-1-11(2-4-13)12-5-6-23-10-12/h4-13,24H,1-3H3;1-10,20H,(H,21,22). The van der Waals surface area contributed by atoms with E-state index in [1.54, 1.807) is 53.5 Å². The Morgan fingerprint density at radius 2 is 1.10 bits per heavy atom. The molecule has 0 spiro atoms. The molecule has 0 atom stereocenters. The fraction of sp³-hybridized carbons (Fsp3) is 0.100. The highest BCUT2D eigenvalue weighted by Gasteiger charge is 2.21. The average Bonchev–Trinajstić information content (AvgIpc) is 3.96. The summed E-state index contributed by atoms with van der Waals surface area (Å²) in [5.41, 5.74) is 7.85. The van der Waals surface area contributed by atoms with E-state index in [0.29, 0.717) is 9.75 Å². The molecule has 0 radical (unpaired) electrons. The third-order valence-electron chi connectivity index (χ3n) is 7.74. The Hall–Kier alpha value is -5.40. The molecule has 6 aromatic heterocycles. The van der Waals surface area contributed by atoms with E-state index in [4.69, 9.17) is 9.84 Å². The van der Waals surface area contributed by atoms with Crippen LogP contribution in [0.1, 0.15) is 40.1 Å². The topological polar surface area (TPSA) is 113 Å². The van der Waals surface area contributed by atoms with Crippen molar-refractivity contribution in [1.29, 1.82) is 0 Å². The normalized spacial score (nSPS) is 11.2. The number of esters is 1. The van der Waals surface area contributed by atoms with Gasteiger partial charge in [-0.05, 0) is 113 Å². The lowest BCUT2D eigenvalue weighted by molar-refractivity contribution is 0.00750. The molecule has 0 aliphatic carbocycles. The molecule has 0 aliphatic heterocycles. The van der Waals surface area contributed by atoms with Crippen molar-refractivity contribution in [2.45, 2.75) is 26.4 Å². The summed E-state index contributed by atoms with van der Waals surface area (Å²) in [7, 11) is 0. The molecule has 0 saturated carbocycles. The van der Waals surface area contributed by atoms with Gasteiger partial charge in [0.2, 0.25) is 0 Å². The van der Waals surface area contributed by atoms with Crippen molar-refractivity contribution in [3.8, 4) is 22.3 Å². The molecule has 0 amide bonds. The third kappa shape index (κ3) is 8.21. The number of pyridine rings is 2. The first-order valence-corrected chi connectivity index (χ1v) is 19.6. The predicted octanol–water partition coefficient (Wildman–Crippen LogP) is 12.2. The van der Waals surface area contributed by atoms with Gasteiger partial charge in [0.15, 0.2) is 0 Å². The minimum Gasteiger partial charge on any atom is -0.477 e. The minimum atomic E-state index is -0.915. The number of aromatic carboxylic acids is 1. The maximum Gasteiger partial charge on any atom is 0.348 e. The van der Waals surface area contributed by atoms with Crippen LogP contribution in [0.2, 0.25) is 0 Å². The van der Waals surface area contributed by atoms with Gasteiger partial charge in [-0.2, -0.15) is 22.7 Å². The Kier molecular flexibility index (Phi) is 10.1. The fourth-order valence-corrected chi connectivity index (χ4v) is 8.47. The van der Waals surface area contributed by atoms with Crippen molar-refractivity contribution in [2.24, 2.45) is 0 Å². The maximum absolute atomic E-state index is 12.4. The maximum atomic E-state index is 12.4. The first kappa shape index (κ1) is 35.0. The molecule has 0 unspecified atom stereocenters. The summed E-state index contributed by atoms with van der Waals surface area (Å²) in [5, 5.41) is 26.1. The molecule has 0 fully saturated rings. The van der Waals surface area contributed by atoms with Crippen molar-refractivity contribution in [3.05, 3.63) is 129 Å². The fourth-order valence-electron chi connectivity index (χ4n) is 5.32. The quantitative estimate of drug-likeness (QED) is 0.131. The van der Waals surface area contributed by atoms with Crippen LogP contribution in [0, 0.1) is 0 Å². The minimum absolute atomic E-state index is 0.306. The van der Waals surface area contributed by atoms with Crippen LogP contribution in [0.15, 0.2) is 119 Å². The number of carboxylic acids is 1. The number of aromatic nitrogens is 2. The van der Waals surface area contributed by atoms with E-state index < -0.39 is 11.6 Å². The van der Waals surface area contributed by atoms with Crippen LogP contribution in [-0.4, -0.2) is 32.6 Å². The van der Waals surface area contributed by atoms with Gasteiger partial charge in [0.25, 0.3) is 0 Å². The second-order valence-corrected chi connectivity index (χ2v) is 16.4. The third-order valence-corrected chi connectivity index (χ3v) is 11.2. The Morgan fingerprint density at radius 1 is 0.635 bits per heavy atom. The zero-order chi connectivity index (χ0) is 36.2. The highest BCUT2D eigenvalue weighted by atomic mass is 32.1. The monoisotopic (exact) mass is 760 g/mol. The summed E-state index contributed by atoms with van der Waals surface area (Å²) in [5.74, 6) is -1.22. The molecule has 8 aromatic rings. The number of benzene rings is 2. The second-order valence-electron chi connectivity index (χ2n) is 12.7. The number of hydrogen-bond donors (Lipinski definition) is 3. The van der Waals surface area contributed by atoms with Crippen molar-refractivity contribution in [1.82, 2.24) is 9.97 Å². The number of fused-ring (bicyclic) bond motifs is 2. The van der Waals surface area contributed by atoms with E-state index in [-0.39, 0.29) is 5.97 Å². The van der Waals surface area contributed by atoms with Gasteiger partial charge in [-0.1, -0.05) is 24.3 Å². The summed E-state index contributed by atoms with van der Waals surface area (Å²) >= 11 is 5.99. The second kappa shape index (κ2) is 15.1. The van der Waals surface area contributed by atoms with Crippen LogP contribution in [-0.2, 0) is 4.74 Å². The van der Waals surface area contributed by atoms with Crippen LogP contribution in [0.3, 0.4) is 0 Å². The van der Waals surface area contributed by atoms with Gasteiger partial charge in [-0.3, -0.25) is 9.97 Å². The van der Waals surface area contributed by atoms with Crippen molar-refractivity contribution < 1.29 is 19.4 Å². The molecule has 0 bridgehead atoms. The van der Waals surface area contributed by atoms with Crippen LogP contribution in [0.5, 0.6) is 0 Å². The van der Waals surface area contributed by atoms with Gasteiger partial charge >= 0.3 is 11.9 Å². The highest BCUT2D eigenvalue weighted by Crippen LogP contribution is 2.35. The lowest BCUT2D eigenvalue weighted by Gasteiger charge is -2.18. The van der Waals surface area contributed by atoms with E-state index in [1.807, 2.05) is 51.1 Å². The lowest BCUT2D eigenvalue weighted by atomic mass is 10.1. The first-order valence-electron chi connectivity index (χ1n) is 16.1. The molecule has 12 heteroatoms. The van der Waals surface area contributed by atoms with Crippen LogP contribution >= 0.6 is 45.3 Å². The number of carbonyl (C=O) groups is 2. The van der Waals surface area contributed by atoms with E-state index in [1.165, 1.54) is 44.9 Å². The van der Waals surface area contributed by atoms with Gasteiger partial charge in [-0.15, -0.1) is 22.7 Å². The predicted molar refractivity (Wildman–Crippen MR) is 217 cm³/mol. The number of ether oxygens (including phenoxy) is 1. The largest absolute Gasteiger partial charge is 0.477 e. The lowest BCUT2D eigenvalue weighted by Crippen LogP contribution is -2.23. The molecule has 260 valence electrons. The number of nitrogens with one attached hydrogen (secondary N) is 2. The van der Waals surface area contributed by atoms with Crippen molar-refractivity contribution >= 4 is 100 Å². The molecule has 3 N–H and O–H groups in total. The number of rotatable bonds is 8. The van der Waals surface area contributed by atoms with Gasteiger partial charge in [-0.25, -0.2) is 9.59 Å². The smallest absolute Gasteiger partial charge is 0.348 e. The molecule has 52 heavy (non-hydrogen) atoms. The SMILES string of the molecule is CC(C)(C)OC(=O)c1cc2c(Nc3ccc(-c4ccsc4)cc3)cncc2s1.O=C(O)c1cc2c(Nc3ccc(-c4ccsc4)cc3)cncc2s1. The number of thiophene rings is 4. The molecule has 6 heterocycles. The summed E-state index contributed by atoms with van der Waals surface area (Å²) in [6, 6.07) is 24.2. The van der Waals surface area contributed by atoms with E-state index in [2.05, 4.69) is 78.5 Å². The summed E-state index contributed by atoms with van der Waals surface area (Å²) in [6.07, 6.45) is 6.96. The highest BCUT2D eigenvalue weighted by molar-refractivity contribution is 7.21. The molecular weight excluding hydrogens is 729 g/mol. The molecule has 8 rings (SSSR count). The van der Waals surface area contributed by atoms with Gasteiger partial charge < -0.3 is 20.5 Å². The Balaban J connectivity index is 0.000000164. The Labute approximate surface area is 316 Å². The number of hydrogen-bond acceptors (Lipinski definition) is 11. The van der Waals surface area contributed by atoms with Crippen LogP contribution < -0.4 is 10.6 Å².